The number of piperidine rings is 1. The number of carbonyl (C=O) groups is 2. The molecular weight excluding hydrogens is 340 g/mol. The Morgan fingerprint density at radius 1 is 1.38 bits per heavy atom. The van der Waals surface area contributed by atoms with Crippen molar-refractivity contribution in [3.63, 3.8) is 0 Å². The molecule has 7 heteroatoms. The molecule has 1 aliphatic heterocycles. The zero-order chi connectivity index (χ0) is 15.4. The molecule has 0 atom stereocenters. The zero-order valence-corrected chi connectivity index (χ0v) is 13.2. The lowest BCUT2D eigenvalue weighted by Crippen LogP contribution is -2.42. The van der Waals surface area contributed by atoms with Gasteiger partial charge in [-0.3, -0.25) is 4.79 Å². The highest BCUT2D eigenvalue weighted by atomic mass is 79.9. The van der Waals surface area contributed by atoms with Crippen LogP contribution in [0.1, 0.15) is 12.8 Å². The van der Waals surface area contributed by atoms with Crippen LogP contribution in [0, 0.1) is 5.92 Å². The smallest absolute Gasteiger partial charge is 0.321 e. The van der Waals surface area contributed by atoms with Crippen molar-refractivity contribution < 1.29 is 19.4 Å². The van der Waals surface area contributed by atoms with Gasteiger partial charge in [0.2, 0.25) is 0 Å². The molecule has 2 rings (SSSR count). The highest BCUT2D eigenvalue weighted by molar-refractivity contribution is 9.10. The number of nitrogens with one attached hydrogen (secondary N) is 1. The molecule has 114 valence electrons. The van der Waals surface area contributed by atoms with Crippen molar-refractivity contribution in [3.8, 4) is 5.75 Å². The molecule has 0 aliphatic carbocycles. The summed E-state index contributed by atoms with van der Waals surface area (Å²) < 4.78 is 5.89. The van der Waals surface area contributed by atoms with Crippen molar-refractivity contribution in [2.24, 2.45) is 5.92 Å². The lowest BCUT2D eigenvalue weighted by Gasteiger charge is -2.30. The topological polar surface area (TPSA) is 78.9 Å². The quantitative estimate of drug-likeness (QED) is 0.872. The first-order valence-corrected chi connectivity index (χ1v) is 7.43. The minimum Gasteiger partial charge on any atom is -0.496 e. The normalized spacial score (nSPS) is 15.6. The van der Waals surface area contributed by atoms with E-state index >= 15 is 0 Å². The van der Waals surface area contributed by atoms with E-state index in [4.69, 9.17) is 9.84 Å². The third kappa shape index (κ3) is 3.87. The van der Waals surface area contributed by atoms with Crippen LogP contribution < -0.4 is 10.1 Å². The second-order valence-electron chi connectivity index (χ2n) is 4.88. The van der Waals surface area contributed by atoms with Gasteiger partial charge in [-0.1, -0.05) is 0 Å². The Kier molecular flexibility index (Phi) is 5.06. The largest absolute Gasteiger partial charge is 0.496 e. The molecule has 0 bridgehead atoms. The molecule has 1 aromatic carbocycles. The van der Waals surface area contributed by atoms with Crippen LogP contribution in [-0.2, 0) is 4.79 Å². The standard InChI is InChI=1S/C14H17BrN2O4/c1-21-12-3-2-10(8-11(12)15)16-14(20)17-6-4-9(5-7-17)13(18)19/h2-3,8-9H,4-7H2,1H3,(H,16,20)(H,18,19). The molecule has 0 radical (unpaired) electrons. The Morgan fingerprint density at radius 2 is 2.05 bits per heavy atom. The number of methoxy groups -OCH3 is 1. The fourth-order valence-electron chi connectivity index (χ4n) is 2.28. The molecule has 2 N–H and O–H groups in total. The Labute approximate surface area is 131 Å². The van der Waals surface area contributed by atoms with Crippen LogP contribution in [-0.4, -0.2) is 42.2 Å². The van der Waals surface area contributed by atoms with Gasteiger partial charge in [-0.15, -0.1) is 0 Å². The second-order valence-corrected chi connectivity index (χ2v) is 5.73. The summed E-state index contributed by atoms with van der Waals surface area (Å²) in [6.07, 6.45) is 0.990. The third-order valence-electron chi connectivity index (χ3n) is 3.53. The zero-order valence-electron chi connectivity index (χ0n) is 11.6. The maximum absolute atomic E-state index is 12.1. The Morgan fingerprint density at radius 3 is 2.57 bits per heavy atom. The summed E-state index contributed by atoms with van der Waals surface area (Å²) in [6, 6.07) is 5.07. The van der Waals surface area contributed by atoms with E-state index in [-0.39, 0.29) is 11.9 Å². The summed E-state index contributed by atoms with van der Waals surface area (Å²) in [5, 5.41) is 11.7. The maximum Gasteiger partial charge on any atom is 0.321 e. The van der Waals surface area contributed by atoms with Crippen LogP contribution in [0.5, 0.6) is 5.75 Å². The van der Waals surface area contributed by atoms with Gasteiger partial charge in [0.25, 0.3) is 0 Å². The van der Waals surface area contributed by atoms with Crippen molar-refractivity contribution in [1.29, 1.82) is 0 Å². The average Bonchev–Trinajstić information content (AvgIpc) is 2.47. The summed E-state index contributed by atoms with van der Waals surface area (Å²) in [5.41, 5.74) is 0.660. The van der Waals surface area contributed by atoms with Crippen molar-refractivity contribution in [1.82, 2.24) is 4.90 Å². The number of hydrogen-bond donors (Lipinski definition) is 2. The minimum atomic E-state index is -0.783. The Hall–Kier alpha value is -1.76. The van der Waals surface area contributed by atoms with Crippen LogP contribution in [0.15, 0.2) is 22.7 Å². The van der Waals surface area contributed by atoms with Gasteiger partial charge in [-0.2, -0.15) is 0 Å². The second kappa shape index (κ2) is 6.80. The van der Waals surface area contributed by atoms with Gasteiger partial charge in [0.15, 0.2) is 0 Å². The molecule has 1 heterocycles. The van der Waals surface area contributed by atoms with E-state index in [9.17, 15) is 9.59 Å². The van der Waals surface area contributed by atoms with E-state index in [1.807, 2.05) is 0 Å². The number of nitrogens with zero attached hydrogens (tertiary/aromatic N) is 1. The predicted octanol–water partition coefficient (Wildman–Crippen LogP) is 2.79. The Bertz CT molecular complexity index is 542. The highest BCUT2D eigenvalue weighted by Gasteiger charge is 2.26. The molecule has 0 aromatic heterocycles. The van der Waals surface area contributed by atoms with E-state index in [0.29, 0.717) is 37.4 Å². The molecule has 0 unspecified atom stereocenters. The molecule has 0 saturated carbocycles. The summed E-state index contributed by atoms with van der Waals surface area (Å²) in [6.45, 7) is 0.917. The lowest BCUT2D eigenvalue weighted by molar-refractivity contribution is -0.143. The van der Waals surface area contributed by atoms with Crippen LogP contribution in [0.2, 0.25) is 0 Å². The van der Waals surface area contributed by atoms with E-state index in [1.54, 1.807) is 30.2 Å². The maximum atomic E-state index is 12.1. The van der Waals surface area contributed by atoms with Gasteiger partial charge in [-0.05, 0) is 47.0 Å². The number of benzene rings is 1. The number of carbonyl (C=O) groups excluding carboxylic acids is 1. The number of carboxylic acid groups (broad SMARTS) is 1. The third-order valence-corrected chi connectivity index (χ3v) is 4.15. The molecule has 0 spiro atoms. The monoisotopic (exact) mass is 356 g/mol. The average molecular weight is 357 g/mol. The molecule has 1 aliphatic rings. The van der Waals surface area contributed by atoms with Crippen molar-refractivity contribution in [3.05, 3.63) is 22.7 Å². The van der Waals surface area contributed by atoms with Gasteiger partial charge in [0.1, 0.15) is 5.75 Å². The number of likely N-dealkylation sites (tertiary alicyclic amines) is 1. The van der Waals surface area contributed by atoms with Gasteiger partial charge in [0, 0.05) is 18.8 Å². The van der Waals surface area contributed by atoms with Gasteiger partial charge in [-0.25, -0.2) is 4.79 Å². The van der Waals surface area contributed by atoms with Crippen LogP contribution in [0.3, 0.4) is 0 Å². The number of halogens is 1. The Balaban J connectivity index is 1.93. The molecule has 6 nitrogen and oxygen atoms in total. The van der Waals surface area contributed by atoms with E-state index in [2.05, 4.69) is 21.2 Å². The number of carboxylic acids is 1. The van der Waals surface area contributed by atoms with Crippen LogP contribution >= 0.6 is 15.9 Å². The first-order chi connectivity index (χ1) is 10.0. The number of amides is 2. The number of hydrogen-bond acceptors (Lipinski definition) is 3. The fourth-order valence-corrected chi connectivity index (χ4v) is 2.82. The van der Waals surface area contributed by atoms with E-state index < -0.39 is 5.97 Å². The summed E-state index contributed by atoms with van der Waals surface area (Å²) in [5.74, 6) is -0.436. The molecule has 1 saturated heterocycles. The number of aliphatic carboxylic acids is 1. The molecule has 1 fully saturated rings. The van der Waals surface area contributed by atoms with Gasteiger partial charge < -0.3 is 20.1 Å². The molecule has 1 aromatic rings. The first kappa shape index (κ1) is 15.6. The minimum absolute atomic E-state index is 0.212. The summed E-state index contributed by atoms with van der Waals surface area (Å²) in [7, 11) is 1.57. The van der Waals surface area contributed by atoms with Crippen molar-refractivity contribution >= 4 is 33.6 Å². The van der Waals surface area contributed by atoms with Crippen LogP contribution in [0.4, 0.5) is 10.5 Å². The highest BCUT2D eigenvalue weighted by Crippen LogP contribution is 2.28. The number of ether oxygens (including phenoxy) is 1. The fraction of sp³-hybridized carbons (Fsp3) is 0.429. The van der Waals surface area contributed by atoms with E-state index in [0.717, 1.165) is 4.47 Å². The summed E-state index contributed by atoms with van der Waals surface area (Å²) in [4.78, 5) is 24.7. The lowest BCUT2D eigenvalue weighted by atomic mass is 9.97. The summed E-state index contributed by atoms with van der Waals surface area (Å²) >= 11 is 3.36. The van der Waals surface area contributed by atoms with Gasteiger partial charge >= 0.3 is 12.0 Å². The van der Waals surface area contributed by atoms with Gasteiger partial charge in [0.05, 0.1) is 17.5 Å². The van der Waals surface area contributed by atoms with Crippen LogP contribution in [0.25, 0.3) is 0 Å². The molecular formula is C14H17BrN2O4. The van der Waals surface area contributed by atoms with E-state index in [1.165, 1.54) is 0 Å². The number of urea groups is 1. The van der Waals surface area contributed by atoms with Crippen molar-refractivity contribution in [2.45, 2.75) is 12.8 Å². The number of anilines is 1. The predicted molar refractivity (Wildman–Crippen MR) is 81.6 cm³/mol. The van der Waals surface area contributed by atoms with Crippen molar-refractivity contribution in [2.75, 3.05) is 25.5 Å². The number of rotatable bonds is 3. The molecule has 21 heavy (non-hydrogen) atoms. The SMILES string of the molecule is COc1ccc(NC(=O)N2CCC(C(=O)O)CC2)cc1Br. The molecule has 2 amide bonds. The first-order valence-electron chi connectivity index (χ1n) is 6.63.